The lowest BCUT2D eigenvalue weighted by atomic mass is 10.3. The molecule has 0 aliphatic heterocycles. The summed E-state index contributed by atoms with van der Waals surface area (Å²) >= 11 is 1.77. The van der Waals surface area contributed by atoms with E-state index in [0.29, 0.717) is 18.2 Å². The van der Waals surface area contributed by atoms with E-state index in [1.165, 1.54) is 11.0 Å². The van der Waals surface area contributed by atoms with Crippen molar-refractivity contribution in [1.82, 2.24) is 15.6 Å². The van der Waals surface area contributed by atoms with Gasteiger partial charge < -0.3 is 10.6 Å². The maximum absolute atomic E-state index is 13.5. The Bertz CT molecular complexity index is 604. The minimum absolute atomic E-state index is 0.304. The topological polar surface area (TPSA) is 49.3 Å². The van der Waals surface area contributed by atoms with Crippen molar-refractivity contribution in [1.29, 1.82) is 0 Å². The first kappa shape index (κ1) is 16.3. The van der Waals surface area contributed by atoms with Crippen LogP contribution in [-0.4, -0.2) is 30.3 Å². The van der Waals surface area contributed by atoms with Crippen molar-refractivity contribution in [2.45, 2.75) is 11.4 Å². The standard InChI is InChI=1S/C16H19FN4S/c1-18-16(21-12-15-14(17)8-5-9-19-15)20-10-11-22-13-6-3-2-4-7-13/h2-9H,10-12H2,1H3,(H2,18,20,21). The predicted molar refractivity (Wildman–Crippen MR) is 89.6 cm³/mol. The molecule has 0 atom stereocenters. The molecule has 0 aliphatic rings. The molecule has 0 unspecified atom stereocenters. The van der Waals surface area contributed by atoms with Crippen LogP contribution in [0.3, 0.4) is 0 Å². The number of halogens is 1. The molecule has 22 heavy (non-hydrogen) atoms. The first-order valence-electron chi connectivity index (χ1n) is 7.01. The minimum atomic E-state index is -0.315. The lowest BCUT2D eigenvalue weighted by Gasteiger charge is -2.11. The van der Waals surface area contributed by atoms with Crippen LogP contribution < -0.4 is 10.6 Å². The van der Waals surface area contributed by atoms with Crippen molar-refractivity contribution >= 4 is 17.7 Å². The highest BCUT2D eigenvalue weighted by molar-refractivity contribution is 7.99. The number of aromatic nitrogens is 1. The second kappa shape index (κ2) is 9.04. The smallest absolute Gasteiger partial charge is 0.191 e. The molecule has 0 bridgehead atoms. The Labute approximate surface area is 134 Å². The number of nitrogens with one attached hydrogen (secondary N) is 2. The van der Waals surface area contributed by atoms with Crippen molar-refractivity contribution in [2.24, 2.45) is 4.99 Å². The van der Waals surface area contributed by atoms with Gasteiger partial charge in [0.1, 0.15) is 5.82 Å². The first-order valence-corrected chi connectivity index (χ1v) is 8.00. The van der Waals surface area contributed by atoms with Gasteiger partial charge in [-0.15, -0.1) is 11.8 Å². The first-order chi connectivity index (χ1) is 10.8. The Hall–Kier alpha value is -2.08. The van der Waals surface area contributed by atoms with E-state index in [9.17, 15) is 4.39 Å². The third-order valence-electron chi connectivity index (χ3n) is 2.89. The van der Waals surface area contributed by atoms with E-state index in [-0.39, 0.29) is 5.82 Å². The van der Waals surface area contributed by atoms with E-state index in [1.807, 2.05) is 18.2 Å². The van der Waals surface area contributed by atoms with Gasteiger partial charge in [-0.05, 0) is 24.3 Å². The molecule has 0 spiro atoms. The molecule has 0 aliphatic carbocycles. The summed E-state index contributed by atoms with van der Waals surface area (Å²) in [7, 11) is 1.69. The average molecular weight is 318 g/mol. The van der Waals surface area contributed by atoms with E-state index in [4.69, 9.17) is 0 Å². The summed E-state index contributed by atoms with van der Waals surface area (Å²) in [6.07, 6.45) is 1.58. The molecule has 0 saturated heterocycles. The summed E-state index contributed by atoms with van der Waals surface area (Å²) in [5.41, 5.74) is 0.379. The molecule has 0 radical (unpaired) electrons. The predicted octanol–water partition coefficient (Wildman–Crippen LogP) is 2.68. The quantitative estimate of drug-likeness (QED) is 0.372. The van der Waals surface area contributed by atoms with E-state index >= 15 is 0 Å². The van der Waals surface area contributed by atoms with Crippen molar-refractivity contribution in [3.63, 3.8) is 0 Å². The van der Waals surface area contributed by atoms with Crippen LogP contribution in [0.1, 0.15) is 5.69 Å². The number of benzene rings is 1. The Kier molecular flexibility index (Phi) is 6.70. The van der Waals surface area contributed by atoms with Crippen molar-refractivity contribution in [3.05, 3.63) is 60.2 Å². The Morgan fingerprint density at radius 3 is 2.73 bits per heavy atom. The second-order valence-electron chi connectivity index (χ2n) is 4.45. The highest BCUT2D eigenvalue weighted by atomic mass is 32.2. The number of hydrogen-bond acceptors (Lipinski definition) is 3. The fourth-order valence-electron chi connectivity index (χ4n) is 1.79. The fourth-order valence-corrected chi connectivity index (χ4v) is 2.58. The third kappa shape index (κ3) is 5.37. The van der Waals surface area contributed by atoms with Gasteiger partial charge in [0.25, 0.3) is 0 Å². The van der Waals surface area contributed by atoms with Crippen LogP contribution in [0, 0.1) is 5.82 Å². The number of guanidine groups is 1. The molecular weight excluding hydrogens is 299 g/mol. The number of nitrogens with zero attached hydrogens (tertiary/aromatic N) is 2. The second-order valence-corrected chi connectivity index (χ2v) is 5.61. The Balaban J connectivity index is 1.70. The number of hydrogen-bond donors (Lipinski definition) is 2. The summed E-state index contributed by atoms with van der Waals surface area (Å²) in [4.78, 5) is 9.35. The molecule has 4 nitrogen and oxygen atoms in total. The van der Waals surface area contributed by atoms with Crippen LogP contribution in [0.4, 0.5) is 4.39 Å². The lowest BCUT2D eigenvalue weighted by molar-refractivity contribution is 0.593. The van der Waals surface area contributed by atoms with Crippen molar-refractivity contribution < 1.29 is 4.39 Å². The monoisotopic (exact) mass is 318 g/mol. The normalized spacial score (nSPS) is 11.3. The van der Waals surface area contributed by atoms with E-state index in [1.54, 1.807) is 31.1 Å². The van der Waals surface area contributed by atoms with Crippen LogP contribution in [0.2, 0.25) is 0 Å². The maximum Gasteiger partial charge on any atom is 0.191 e. The molecule has 1 aromatic heterocycles. The number of rotatable bonds is 6. The minimum Gasteiger partial charge on any atom is -0.356 e. The summed E-state index contributed by atoms with van der Waals surface area (Å²) in [6, 6.07) is 13.2. The number of aliphatic imine (C=N–C) groups is 1. The van der Waals surface area contributed by atoms with E-state index in [2.05, 4.69) is 32.7 Å². The molecule has 0 amide bonds. The number of thioether (sulfide) groups is 1. The molecule has 0 fully saturated rings. The van der Waals surface area contributed by atoms with Gasteiger partial charge in [-0.1, -0.05) is 18.2 Å². The molecule has 0 saturated carbocycles. The molecule has 2 aromatic rings. The largest absolute Gasteiger partial charge is 0.356 e. The molecule has 1 heterocycles. The van der Waals surface area contributed by atoms with Crippen LogP contribution in [0.5, 0.6) is 0 Å². The summed E-state index contributed by atoms with van der Waals surface area (Å²) < 4.78 is 13.5. The van der Waals surface area contributed by atoms with Gasteiger partial charge in [-0.2, -0.15) is 0 Å². The van der Waals surface area contributed by atoms with Crippen LogP contribution >= 0.6 is 11.8 Å². The van der Waals surface area contributed by atoms with Crippen LogP contribution in [-0.2, 0) is 6.54 Å². The van der Waals surface area contributed by atoms with Gasteiger partial charge in [0.15, 0.2) is 5.96 Å². The third-order valence-corrected chi connectivity index (χ3v) is 3.90. The summed E-state index contributed by atoms with van der Waals surface area (Å²) in [5, 5.41) is 6.25. The SMILES string of the molecule is CN=C(NCCSc1ccccc1)NCc1ncccc1F. The van der Waals surface area contributed by atoms with Gasteiger partial charge in [0, 0.05) is 30.4 Å². The van der Waals surface area contributed by atoms with Crippen molar-refractivity contribution in [3.8, 4) is 0 Å². The zero-order valence-corrected chi connectivity index (χ0v) is 13.2. The van der Waals surface area contributed by atoms with Gasteiger partial charge in [0.05, 0.1) is 12.2 Å². The molecule has 2 N–H and O–H groups in total. The van der Waals surface area contributed by atoms with Crippen molar-refractivity contribution in [2.75, 3.05) is 19.3 Å². The van der Waals surface area contributed by atoms with Gasteiger partial charge in [-0.3, -0.25) is 9.98 Å². The number of pyridine rings is 1. The van der Waals surface area contributed by atoms with Crippen LogP contribution in [0.25, 0.3) is 0 Å². The molecule has 6 heteroatoms. The van der Waals surface area contributed by atoms with Gasteiger partial charge >= 0.3 is 0 Å². The summed E-state index contributed by atoms with van der Waals surface area (Å²) in [5.74, 6) is 1.24. The average Bonchev–Trinajstić information content (AvgIpc) is 2.56. The zero-order chi connectivity index (χ0) is 15.6. The molecular formula is C16H19FN4S. The summed E-state index contributed by atoms with van der Waals surface area (Å²) in [6.45, 7) is 1.07. The van der Waals surface area contributed by atoms with Gasteiger partial charge in [0.2, 0.25) is 0 Å². The zero-order valence-electron chi connectivity index (χ0n) is 12.4. The van der Waals surface area contributed by atoms with E-state index in [0.717, 1.165) is 12.3 Å². The maximum atomic E-state index is 13.5. The fraction of sp³-hybridized carbons (Fsp3) is 0.250. The highest BCUT2D eigenvalue weighted by Crippen LogP contribution is 2.15. The molecule has 116 valence electrons. The van der Waals surface area contributed by atoms with E-state index < -0.39 is 0 Å². The highest BCUT2D eigenvalue weighted by Gasteiger charge is 2.03. The van der Waals surface area contributed by atoms with Crippen LogP contribution in [0.15, 0.2) is 58.5 Å². The Morgan fingerprint density at radius 2 is 2.00 bits per heavy atom. The lowest BCUT2D eigenvalue weighted by Crippen LogP contribution is -2.38. The van der Waals surface area contributed by atoms with Gasteiger partial charge in [-0.25, -0.2) is 4.39 Å². The molecule has 1 aromatic carbocycles. The molecule has 2 rings (SSSR count). The Morgan fingerprint density at radius 1 is 1.18 bits per heavy atom.